The molecule has 0 aliphatic heterocycles. The van der Waals surface area contributed by atoms with Crippen LogP contribution in [0.4, 0.5) is 0 Å². The molecule has 0 atom stereocenters. The number of hydrogen-bond acceptors (Lipinski definition) is 4. The van der Waals surface area contributed by atoms with Gasteiger partial charge in [-0.05, 0) is 12.1 Å². The lowest BCUT2D eigenvalue weighted by molar-refractivity contribution is -0.154. The van der Waals surface area contributed by atoms with Crippen LogP contribution in [0.2, 0.25) is 0 Å². The maximum atomic E-state index is 11.3. The second-order valence-corrected chi connectivity index (χ2v) is 2.60. The highest BCUT2D eigenvalue weighted by Gasteiger charge is 2.31. The molecule has 0 saturated heterocycles. The van der Waals surface area contributed by atoms with Gasteiger partial charge in [0, 0.05) is 11.9 Å². The van der Waals surface area contributed by atoms with E-state index in [0.29, 0.717) is 5.69 Å². The first-order valence-electron chi connectivity index (χ1n) is 3.99. The molecule has 0 saturated carbocycles. The topological polar surface area (TPSA) is 68.4 Å². The van der Waals surface area contributed by atoms with Crippen molar-refractivity contribution in [3.63, 3.8) is 0 Å². The van der Waals surface area contributed by atoms with E-state index in [2.05, 4.69) is 14.5 Å². The maximum absolute atomic E-state index is 11.3. The molecular weight excluding hydrogens is 186 g/mol. The molecule has 1 rings (SSSR count). The zero-order valence-electron chi connectivity index (χ0n) is 7.94. The second kappa shape index (κ2) is 4.45. The molecule has 1 heterocycles. The number of carbonyl (C=O) groups is 2. The van der Waals surface area contributed by atoms with Crippen LogP contribution < -0.4 is 0 Å². The highest BCUT2D eigenvalue weighted by molar-refractivity contribution is 6.00. The van der Waals surface area contributed by atoms with E-state index >= 15 is 0 Å². The lowest BCUT2D eigenvalue weighted by Crippen LogP contribution is -2.24. The molecule has 0 radical (unpaired) electrons. The van der Waals surface area contributed by atoms with Crippen molar-refractivity contribution >= 4 is 11.9 Å². The Bertz CT molecular complexity index is 302. The Morgan fingerprint density at radius 1 is 1.29 bits per heavy atom. The van der Waals surface area contributed by atoms with Crippen LogP contribution in [0.25, 0.3) is 0 Å². The molecule has 1 aromatic rings. The Labute approximate surface area is 81.0 Å². The molecule has 0 unspecified atom stereocenters. The van der Waals surface area contributed by atoms with Crippen LogP contribution in [-0.2, 0) is 19.1 Å². The number of hydrogen-bond donors (Lipinski definition) is 1. The molecule has 1 aromatic heterocycles. The van der Waals surface area contributed by atoms with Crippen molar-refractivity contribution in [3.05, 3.63) is 24.0 Å². The summed E-state index contributed by atoms with van der Waals surface area (Å²) in [7, 11) is 2.45. The average molecular weight is 197 g/mol. The van der Waals surface area contributed by atoms with Crippen molar-refractivity contribution in [3.8, 4) is 0 Å². The van der Waals surface area contributed by atoms with E-state index in [-0.39, 0.29) is 0 Å². The zero-order valence-corrected chi connectivity index (χ0v) is 7.94. The van der Waals surface area contributed by atoms with Gasteiger partial charge in [-0.1, -0.05) is 0 Å². The average Bonchev–Trinajstić information content (AvgIpc) is 2.70. The molecule has 0 fully saturated rings. The number of esters is 2. The SMILES string of the molecule is COC(=O)C(C(=O)OC)c1ccc[nH]1. The Morgan fingerprint density at radius 3 is 2.21 bits per heavy atom. The highest BCUT2D eigenvalue weighted by Crippen LogP contribution is 2.16. The standard InChI is InChI=1S/C9H11NO4/c1-13-8(11)7(9(12)14-2)6-4-3-5-10-6/h3-5,7,10H,1-2H3. The Balaban J connectivity index is 2.94. The van der Waals surface area contributed by atoms with Gasteiger partial charge < -0.3 is 14.5 Å². The van der Waals surface area contributed by atoms with E-state index in [1.165, 1.54) is 14.2 Å². The number of aromatic nitrogens is 1. The van der Waals surface area contributed by atoms with Crippen LogP contribution in [0.3, 0.4) is 0 Å². The Morgan fingerprint density at radius 2 is 1.86 bits per heavy atom. The smallest absolute Gasteiger partial charge is 0.326 e. The van der Waals surface area contributed by atoms with E-state index in [9.17, 15) is 9.59 Å². The summed E-state index contributed by atoms with van der Waals surface area (Å²) >= 11 is 0. The van der Waals surface area contributed by atoms with Crippen molar-refractivity contribution in [2.24, 2.45) is 0 Å². The molecule has 0 aliphatic rings. The molecule has 0 aliphatic carbocycles. The summed E-state index contributed by atoms with van der Waals surface area (Å²) in [4.78, 5) is 25.3. The van der Waals surface area contributed by atoms with Crippen LogP contribution in [0.15, 0.2) is 18.3 Å². The monoisotopic (exact) mass is 197 g/mol. The van der Waals surface area contributed by atoms with Gasteiger partial charge in [-0.15, -0.1) is 0 Å². The van der Waals surface area contributed by atoms with Crippen molar-refractivity contribution < 1.29 is 19.1 Å². The second-order valence-electron chi connectivity index (χ2n) is 2.60. The number of ether oxygens (including phenoxy) is 2. The van der Waals surface area contributed by atoms with Gasteiger partial charge in [-0.25, -0.2) is 0 Å². The minimum atomic E-state index is -1.03. The number of nitrogens with one attached hydrogen (secondary N) is 1. The Hall–Kier alpha value is -1.78. The molecular formula is C9H11NO4. The summed E-state index contributed by atoms with van der Waals surface area (Å²) < 4.78 is 9.00. The number of H-pyrrole nitrogens is 1. The Kier molecular flexibility index (Phi) is 3.28. The fourth-order valence-electron chi connectivity index (χ4n) is 1.11. The largest absolute Gasteiger partial charge is 0.468 e. The van der Waals surface area contributed by atoms with Crippen molar-refractivity contribution in [2.75, 3.05) is 14.2 Å². The molecule has 1 N–H and O–H groups in total. The molecule has 5 nitrogen and oxygen atoms in total. The first-order valence-corrected chi connectivity index (χ1v) is 3.99. The number of carbonyl (C=O) groups excluding carboxylic acids is 2. The molecule has 5 heteroatoms. The summed E-state index contributed by atoms with van der Waals surface area (Å²) in [6.07, 6.45) is 1.62. The van der Waals surface area contributed by atoms with Crippen LogP contribution in [0, 0.1) is 0 Å². The fraction of sp³-hybridized carbons (Fsp3) is 0.333. The quantitative estimate of drug-likeness (QED) is 0.564. The van der Waals surface area contributed by atoms with E-state index < -0.39 is 17.9 Å². The maximum Gasteiger partial charge on any atom is 0.326 e. The van der Waals surface area contributed by atoms with Crippen molar-refractivity contribution in [2.45, 2.75) is 5.92 Å². The first-order chi connectivity index (χ1) is 6.70. The van der Waals surface area contributed by atoms with Gasteiger partial charge in [0.25, 0.3) is 0 Å². The van der Waals surface area contributed by atoms with Gasteiger partial charge in [0.2, 0.25) is 0 Å². The third-order valence-electron chi connectivity index (χ3n) is 1.81. The summed E-state index contributed by atoms with van der Waals surface area (Å²) in [5.74, 6) is -2.31. The van der Waals surface area contributed by atoms with Crippen LogP contribution >= 0.6 is 0 Å². The summed E-state index contributed by atoms with van der Waals surface area (Å²) in [6, 6.07) is 3.31. The van der Waals surface area contributed by atoms with Gasteiger partial charge >= 0.3 is 11.9 Å². The van der Waals surface area contributed by atoms with Crippen molar-refractivity contribution in [1.29, 1.82) is 0 Å². The molecule has 0 bridgehead atoms. The van der Waals surface area contributed by atoms with Gasteiger partial charge in [0.15, 0.2) is 5.92 Å². The lowest BCUT2D eigenvalue weighted by atomic mass is 10.1. The predicted molar refractivity (Wildman–Crippen MR) is 47.6 cm³/mol. The highest BCUT2D eigenvalue weighted by atomic mass is 16.5. The summed E-state index contributed by atoms with van der Waals surface area (Å²) in [6.45, 7) is 0. The number of aromatic amines is 1. The molecule has 76 valence electrons. The van der Waals surface area contributed by atoms with Gasteiger partial charge in [0.05, 0.1) is 14.2 Å². The lowest BCUT2D eigenvalue weighted by Gasteiger charge is -2.10. The molecule has 0 spiro atoms. The van der Waals surface area contributed by atoms with Crippen LogP contribution in [0.1, 0.15) is 11.6 Å². The first kappa shape index (κ1) is 10.3. The van der Waals surface area contributed by atoms with Crippen LogP contribution in [-0.4, -0.2) is 31.1 Å². The minimum Gasteiger partial charge on any atom is -0.468 e. The predicted octanol–water partition coefficient (Wildman–Crippen LogP) is 0.444. The molecule has 0 amide bonds. The van der Waals surface area contributed by atoms with Gasteiger partial charge in [0.1, 0.15) is 0 Å². The van der Waals surface area contributed by atoms with E-state index in [4.69, 9.17) is 0 Å². The van der Waals surface area contributed by atoms with Gasteiger partial charge in [-0.2, -0.15) is 0 Å². The van der Waals surface area contributed by atoms with Crippen LogP contribution in [0.5, 0.6) is 0 Å². The summed E-state index contributed by atoms with van der Waals surface area (Å²) in [5.41, 5.74) is 0.462. The molecule has 14 heavy (non-hydrogen) atoms. The van der Waals surface area contributed by atoms with Crippen molar-refractivity contribution in [1.82, 2.24) is 4.98 Å². The van der Waals surface area contributed by atoms with E-state index in [0.717, 1.165) is 0 Å². The minimum absolute atomic E-state index is 0.462. The summed E-state index contributed by atoms with van der Waals surface area (Å²) in [5, 5.41) is 0. The number of rotatable bonds is 3. The van der Waals surface area contributed by atoms with Gasteiger partial charge in [-0.3, -0.25) is 9.59 Å². The zero-order chi connectivity index (χ0) is 10.6. The normalized spacial score (nSPS) is 9.93. The third-order valence-corrected chi connectivity index (χ3v) is 1.81. The van der Waals surface area contributed by atoms with E-state index in [1.54, 1.807) is 18.3 Å². The third kappa shape index (κ3) is 1.93. The van der Waals surface area contributed by atoms with E-state index in [1.807, 2.05) is 0 Å². The number of methoxy groups -OCH3 is 2. The fourth-order valence-corrected chi connectivity index (χ4v) is 1.11. The molecule has 0 aromatic carbocycles.